The van der Waals surface area contributed by atoms with Gasteiger partial charge in [-0.05, 0) is 18.1 Å². The van der Waals surface area contributed by atoms with Crippen LogP contribution in [-0.4, -0.2) is 132 Å². The van der Waals surface area contributed by atoms with Gasteiger partial charge < -0.3 is 136 Å². The molecular weight excluding hydrogens is 1130 g/mol. The number of hydrogen-bond acceptors (Lipinski definition) is 12. The summed E-state index contributed by atoms with van der Waals surface area (Å²) in [6.45, 7) is 42.7. The zero-order valence-electron chi connectivity index (χ0n) is 22.8. The van der Waals surface area contributed by atoms with Gasteiger partial charge >= 0.3 is 0 Å². The smallest absolute Gasteiger partial charge is 0.285 e. The van der Waals surface area contributed by atoms with Gasteiger partial charge in [-0.25, -0.2) is 0 Å². The molecule has 0 aromatic heterocycles. The number of aliphatic carboxylic acids is 3. The van der Waals surface area contributed by atoms with Gasteiger partial charge in [0.1, 0.15) is 0 Å². The van der Waals surface area contributed by atoms with Crippen LogP contribution in [0.4, 0.5) is 0 Å². The molecule has 0 bridgehead atoms. The molecule has 0 amide bonds. The van der Waals surface area contributed by atoms with E-state index in [1.165, 1.54) is 0 Å². The molecule has 3 fully saturated rings. The third kappa shape index (κ3) is 69.5. The van der Waals surface area contributed by atoms with Crippen molar-refractivity contribution in [1.29, 1.82) is 0 Å². The summed E-state index contributed by atoms with van der Waals surface area (Å²) in [4.78, 5) is 97.8. The summed E-state index contributed by atoms with van der Waals surface area (Å²) in [7, 11) is 0. The van der Waals surface area contributed by atoms with Crippen molar-refractivity contribution in [2.24, 2.45) is 0 Å². The average Bonchev–Trinajstić information content (AvgIpc) is 3.91. The Kier molecular flexibility index (Phi) is 157. The Labute approximate surface area is 303 Å². The standard InChI is InChI=1S/3C5H8NO2.9CO.3Re/c3*7-5(8)4-2-1-3-6-4;9*1-2;;;/h3*4H,1-3H2,(H,7,8);;;;;;;;;;;;/q12*-1;;;. The van der Waals surface area contributed by atoms with Crippen LogP contribution in [0.1, 0.15) is 38.5 Å². The largest absolute Gasteiger partial charge is 0.650 e. The SMILES string of the molecule is O=C(O)C1CCC[N-]1.O=C(O)C1CCC[N-]1.O=C(O)C1CCC[N-]1.[C-]=O.[C-]=O.[C-]=O.[C-]=O.[C-]=O.[C-]=O.[C-]=O.[C-]=O.[C-]=O.[Re].[Re].[Re]. The summed E-state index contributed by atoms with van der Waals surface area (Å²) in [6, 6.07) is -1.18. The van der Waals surface area contributed by atoms with Gasteiger partial charge in [0.15, 0.2) is 0 Å². The third-order valence-corrected chi connectivity index (χ3v) is 3.81. The summed E-state index contributed by atoms with van der Waals surface area (Å²) in [5.41, 5.74) is 0. The third-order valence-electron chi connectivity index (χ3n) is 3.81. The maximum Gasteiger partial charge on any atom is 0.285 e. The first-order valence-electron chi connectivity index (χ1n) is 9.93. The molecule has 3 aliphatic rings. The molecule has 0 aliphatic carbocycles. The molecule has 45 heavy (non-hydrogen) atoms. The van der Waals surface area contributed by atoms with Crippen molar-refractivity contribution in [3.8, 4) is 0 Å². The Balaban J connectivity index is -0.0000000283. The van der Waals surface area contributed by atoms with Crippen LogP contribution in [0, 0.1) is 0 Å². The molecule has 0 aromatic carbocycles. The van der Waals surface area contributed by atoms with Gasteiger partial charge in [0.05, 0.1) is 0 Å². The fraction of sp³-hybridized carbons (Fsp3) is 0.500. The summed E-state index contributed by atoms with van der Waals surface area (Å²) in [5, 5.41) is 36.5. The van der Waals surface area contributed by atoms with Crippen LogP contribution in [-0.2, 0) is 119 Å². The zero-order chi connectivity index (χ0) is 35.9. The molecule has 3 rings (SSSR count). The average molecular weight is 1150 g/mol. The van der Waals surface area contributed by atoms with Crippen LogP contribution in [0.25, 0.3) is 16.0 Å². The number of rotatable bonds is 3. The molecule has 3 heterocycles. The minimum Gasteiger partial charge on any atom is -0.650 e. The number of carboxylic acids is 3. The van der Waals surface area contributed by atoms with Crippen molar-refractivity contribution < 1.29 is 134 Å². The van der Waals surface area contributed by atoms with Gasteiger partial charge in [0.2, 0.25) is 0 Å². The van der Waals surface area contributed by atoms with Crippen molar-refractivity contribution in [3.63, 3.8) is 0 Å². The fourth-order valence-electron chi connectivity index (χ4n) is 2.47. The van der Waals surface area contributed by atoms with E-state index in [4.69, 9.17) is 58.5 Å². The molecule has 258 valence electrons. The minimum absolute atomic E-state index is 0. The molecule has 0 saturated carbocycles. The van der Waals surface area contributed by atoms with Gasteiger partial charge in [0.25, 0.3) is 17.9 Å². The van der Waals surface area contributed by atoms with E-state index in [1.54, 1.807) is 0 Å². The summed E-state index contributed by atoms with van der Waals surface area (Å²) in [5.74, 6) is -2.33. The Morgan fingerprint density at radius 1 is 0.378 bits per heavy atom. The van der Waals surface area contributed by atoms with Crippen LogP contribution in [0.15, 0.2) is 0 Å². The quantitative estimate of drug-likeness (QED) is 0.264. The minimum atomic E-state index is -0.775. The van der Waals surface area contributed by atoms with Crippen molar-refractivity contribution >= 4 is 79.0 Å². The Morgan fingerprint density at radius 2 is 0.511 bits per heavy atom. The molecular formula is C24H24N3O15Re3-12. The molecule has 0 aromatic rings. The van der Waals surface area contributed by atoms with Crippen molar-refractivity contribution in [3.05, 3.63) is 16.0 Å². The Hall–Kier alpha value is -2.69. The van der Waals surface area contributed by atoms with Crippen LogP contribution in [0.2, 0.25) is 0 Å². The summed E-state index contributed by atoms with van der Waals surface area (Å²) >= 11 is 0. The van der Waals surface area contributed by atoms with Crippen LogP contribution < -0.4 is 0 Å². The van der Waals surface area contributed by atoms with Gasteiger partial charge in [0, 0.05) is 61.3 Å². The van der Waals surface area contributed by atoms with Crippen molar-refractivity contribution in [2.75, 3.05) is 19.6 Å². The second kappa shape index (κ2) is 90.0. The molecule has 21 heteroatoms. The van der Waals surface area contributed by atoms with Crippen molar-refractivity contribution in [2.45, 2.75) is 56.7 Å². The van der Waals surface area contributed by atoms with Gasteiger partial charge in [-0.2, -0.15) is 0 Å². The van der Waals surface area contributed by atoms with Gasteiger partial charge in [-0.1, -0.05) is 38.5 Å². The van der Waals surface area contributed by atoms with Crippen LogP contribution in [0.5, 0.6) is 0 Å². The van der Waals surface area contributed by atoms with Crippen LogP contribution >= 0.6 is 0 Å². The zero-order valence-corrected chi connectivity index (χ0v) is 31.0. The topological polar surface area (TPSA) is 308 Å². The monoisotopic (exact) mass is 1150 g/mol. The summed E-state index contributed by atoms with van der Waals surface area (Å²) in [6.07, 6.45) is 5.02. The first kappa shape index (κ1) is 78.6. The maximum absolute atomic E-state index is 10.1. The predicted octanol–water partition coefficient (Wildman–Crippen LogP) is -1.76. The first-order chi connectivity index (χ1) is 20.4. The summed E-state index contributed by atoms with van der Waals surface area (Å²) < 4.78 is 0. The molecule has 3 N–H and O–H groups in total. The fourth-order valence-corrected chi connectivity index (χ4v) is 2.47. The predicted molar refractivity (Wildman–Crippen MR) is 138 cm³/mol. The van der Waals surface area contributed by atoms with E-state index in [0.717, 1.165) is 58.2 Å². The molecule has 3 atom stereocenters. The van der Waals surface area contributed by atoms with E-state index in [1.807, 2.05) is 0 Å². The Morgan fingerprint density at radius 3 is 0.556 bits per heavy atom. The van der Waals surface area contributed by atoms with Crippen molar-refractivity contribution in [1.82, 2.24) is 0 Å². The van der Waals surface area contributed by atoms with Crippen LogP contribution in [0.3, 0.4) is 0 Å². The van der Waals surface area contributed by atoms with E-state index in [0.29, 0.717) is 0 Å². The molecule has 18 nitrogen and oxygen atoms in total. The molecule has 0 spiro atoms. The molecule has 3 unspecified atom stereocenters. The van der Waals surface area contributed by atoms with E-state index >= 15 is 0 Å². The second-order valence-electron chi connectivity index (χ2n) is 5.71. The van der Waals surface area contributed by atoms with E-state index in [2.05, 4.69) is 77.1 Å². The number of carboxylic acid groups (broad SMARTS) is 3. The number of carbonyl (C=O) groups excluding carboxylic acids is 9. The Bertz CT molecular complexity index is 485. The van der Waals surface area contributed by atoms with E-state index < -0.39 is 36.0 Å². The molecule has 12 radical (unpaired) electrons. The van der Waals surface area contributed by atoms with E-state index in [-0.39, 0.29) is 61.3 Å². The molecule has 3 aliphatic heterocycles. The normalized spacial score (nSPS) is 15.9. The number of carbonyl (C=O) groups is 3. The molecule has 3 saturated heterocycles. The number of nitrogens with zero attached hydrogens (tertiary/aromatic N) is 3. The van der Waals surface area contributed by atoms with E-state index in [9.17, 15) is 14.4 Å². The van der Waals surface area contributed by atoms with Gasteiger partial charge in [-0.3, -0.25) is 14.4 Å². The number of hydrogen-bond donors (Lipinski definition) is 3. The first-order valence-corrected chi connectivity index (χ1v) is 9.93. The maximum atomic E-state index is 10.1. The second-order valence-corrected chi connectivity index (χ2v) is 5.71. The van der Waals surface area contributed by atoms with Gasteiger partial charge in [-0.15, -0.1) is 19.6 Å².